The van der Waals surface area contributed by atoms with Crippen LogP contribution in [-0.4, -0.2) is 96.3 Å². The van der Waals surface area contributed by atoms with Gasteiger partial charge in [0.05, 0.1) is 32.8 Å². The minimum Gasteiger partial charge on any atom is -0.375 e. The van der Waals surface area contributed by atoms with Gasteiger partial charge in [-0.1, -0.05) is 30.3 Å². The van der Waals surface area contributed by atoms with Crippen molar-refractivity contribution in [2.75, 3.05) is 46.9 Å². The lowest BCUT2D eigenvalue weighted by molar-refractivity contribution is -0.554. The molecule has 0 aromatic heterocycles. The van der Waals surface area contributed by atoms with Crippen molar-refractivity contribution < 1.29 is 18.9 Å². The normalized spacial score (nSPS) is 25.8. The lowest BCUT2D eigenvalue weighted by Crippen LogP contribution is -2.65. The minimum absolute atomic E-state index is 0.160. The molecule has 8 nitrogen and oxygen atoms in total. The maximum Gasteiger partial charge on any atom is 0.351 e. The lowest BCUT2D eigenvalue weighted by Gasteiger charge is -2.36. The molecular formula is C19H26N5O3+. The molecule has 3 aliphatic heterocycles. The number of likely N-dealkylation sites (N-methyl/N-ethyl adjacent to an activating group) is 2. The summed E-state index contributed by atoms with van der Waals surface area (Å²) in [5.74, 6) is 0.763. The van der Waals surface area contributed by atoms with Crippen molar-refractivity contribution in [3.63, 3.8) is 0 Å². The van der Waals surface area contributed by atoms with Crippen LogP contribution in [0.2, 0.25) is 0 Å². The van der Waals surface area contributed by atoms with Crippen molar-refractivity contribution in [3.05, 3.63) is 35.9 Å². The van der Waals surface area contributed by atoms with Crippen LogP contribution in [0.25, 0.3) is 0 Å². The molecule has 1 aromatic carbocycles. The molecule has 0 saturated carbocycles. The summed E-state index contributed by atoms with van der Waals surface area (Å²) in [6, 6.07) is 9.55. The smallest absolute Gasteiger partial charge is 0.351 e. The molecule has 3 heterocycles. The van der Waals surface area contributed by atoms with Gasteiger partial charge in [-0.3, -0.25) is 24.5 Å². The largest absolute Gasteiger partial charge is 0.375 e. The Morgan fingerprint density at radius 1 is 1.15 bits per heavy atom. The fourth-order valence-corrected chi connectivity index (χ4v) is 4.01. The fourth-order valence-electron chi connectivity index (χ4n) is 4.01. The Bertz CT molecular complexity index is 758. The van der Waals surface area contributed by atoms with Gasteiger partial charge in [-0.05, 0) is 5.56 Å². The molecule has 144 valence electrons. The number of carbonyl (C=O) groups is 2. The summed E-state index contributed by atoms with van der Waals surface area (Å²) in [5, 5.41) is 3.45. The number of guanidine groups is 1. The van der Waals surface area contributed by atoms with E-state index in [4.69, 9.17) is 4.74 Å². The second-order valence-corrected chi connectivity index (χ2v) is 7.18. The van der Waals surface area contributed by atoms with E-state index in [1.165, 1.54) is 10.5 Å². The van der Waals surface area contributed by atoms with Gasteiger partial charge in [-0.25, -0.2) is 9.69 Å². The Balaban J connectivity index is 1.66. The van der Waals surface area contributed by atoms with E-state index < -0.39 is 6.04 Å². The minimum atomic E-state index is -0.417. The van der Waals surface area contributed by atoms with Gasteiger partial charge < -0.3 is 4.74 Å². The van der Waals surface area contributed by atoms with Crippen molar-refractivity contribution in [1.82, 2.24) is 20.0 Å². The van der Waals surface area contributed by atoms with Gasteiger partial charge in [0, 0.05) is 20.5 Å². The number of amides is 3. The van der Waals surface area contributed by atoms with Crippen LogP contribution < -0.4 is 5.32 Å². The quantitative estimate of drug-likeness (QED) is 0.742. The number of fused-ring (bicyclic) bond motifs is 1. The maximum absolute atomic E-state index is 13.0. The first kappa shape index (κ1) is 17.8. The molecule has 0 radical (unpaired) electrons. The van der Waals surface area contributed by atoms with E-state index in [-0.39, 0.29) is 18.1 Å². The third-order valence-corrected chi connectivity index (χ3v) is 5.57. The Hall–Kier alpha value is -2.61. The first-order valence-electron chi connectivity index (χ1n) is 9.39. The van der Waals surface area contributed by atoms with E-state index in [9.17, 15) is 9.59 Å². The average molecular weight is 372 g/mol. The highest BCUT2D eigenvalue weighted by atomic mass is 16.5. The van der Waals surface area contributed by atoms with E-state index >= 15 is 0 Å². The zero-order chi connectivity index (χ0) is 19.0. The summed E-state index contributed by atoms with van der Waals surface area (Å²) >= 11 is 0. The van der Waals surface area contributed by atoms with Crippen molar-refractivity contribution in [2.45, 2.75) is 18.6 Å². The van der Waals surface area contributed by atoms with Crippen molar-refractivity contribution >= 4 is 17.9 Å². The monoisotopic (exact) mass is 372 g/mol. The zero-order valence-corrected chi connectivity index (χ0v) is 15.8. The van der Waals surface area contributed by atoms with Crippen LogP contribution in [0.15, 0.2) is 30.3 Å². The second-order valence-electron chi connectivity index (χ2n) is 7.18. The lowest BCUT2D eigenvalue weighted by atomic mass is 10.1. The average Bonchev–Trinajstić information content (AvgIpc) is 3.10. The summed E-state index contributed by atoms with van der Waals surface area (Å²) in [5.41, 5.74) is 1.23. The van der Waals surface area contributed by atoms with Crippen molar-refractivity contribution in [1.29, 1.82) is 0 Å². The Morgan fingerprint density at radius 2 is 1.85 bits per heavy atom. The molecule has 3 fully saturated rings. The fraction of sp³-hybridized carbons (Fsp3) is 0.526. The molecule has 1 N–H and O–H groups in total. The van der Waals surface area contributed by atoms with Crippen LogP contribution in [0.5, 0.6) is 0 Å². The molecule has 3 saturated heterocycles. The third-order valence-electron chi connectivity index (χ3n) is 5.57. The van der Waals surface area contributed by atoms with E-state index in [1.54, 1.807) is 19.0 Å². The topological polar surface area (TPSA) is 68.1 Å². The zero-order valence-electron chi connectivity index (χ0n) is 15.8. The highest BCUT2D eigenvalue weighted by molar-refractivity contribution is 6.03. The molecule has 0 bridgehead atoms. The van der Waals surface area contributed by atoms with Crippen LogP contribution >= 0.6 is 0 Å². The number of morpholine rings is 1. The molecule has 0 spiro atoms. The number of hydrogen-bond acceptors (Lipinski definition) is 3. The van der Waals surface area contributed by atoms with E-state index in [2.05, 4.69) is 26.9 Å². The van der Waals surface area contributed by atoms with Crippen LogP contribution in [0.4, 0.5) is 4.79 Å². The molecule has 4 rings (SSSR count). The van der Waals surface area contributed by atoms with Gasteiger partial charge in [-0.2, -0.15) is 0 Å². The number of hydrogen-bond donors (Lipinski definition) is 1. The molecule has 2 atom stereocenters. The number of benzene rings is 1. The van der Waals surface area contributed by atoms with Crippen molar-refractivity contribution in [2.24, 2.45) is 0 Å². The molecule has 3 aliphatic rings. The highest BCUT2D eigenvalue weighted by Gasteiger charge is 2.57. The summed E-state index contributed by atoms with van der Waals surface area (Å²) in [4.78, 5) is 30.3. The van der Waals surface area contributed by atoms with Crippen LogP contribution in [-0.2, 0) is 16.0 Å². The van der Waals surface area contributed by atoms with E-state index in [1.807, 2.05) is 18.2 Å². The summed E-state index contributed by atoms with van der Waals surface area (Å²) in [6.45, 7) is 3.56. The number of rotatable bonds is 3. The second kappa shape index (κ2) is 7.19. The van der Waals surface area contributed by atoms with Crippen molar-refractivity contribution in [3.8, 4) is 0 Å². The molecule has 8 heteroatoms. The molecule has 0 aliphatic carbocycles. The van der Waals surface area contributed by atoms with Gasteiger partial charge in [0.25, 0.3) is 5.91 Å². The Kier molecular flexibility index (Phi) is 4.73. The number of nitrogens with one attached hydrogen (secondary N) is 1. The molecule has 3 amide bonds. The van der Waals surface area contributed by atoms with Gasteiger partial charge >= 0.3 is 12.0 Å². The summed E-state index contributed by atoms with van der Waals surface area (Å²) in [7, 11) is 3.30. The van der Waals surface area contributed by atoms with E-state index in [0.29, 0.717) is 19.8 Å². The first-order valence-corrected chi connectivity index (χ1v) is 9.39. The Labute approximate surface area is 159 Å². The molecule has 0 unspecified atom stereocenters. The van der Waals surface area contributed by atoms with Gasteiger partial charge in [0.1, 0.15) is 0 Å². The molecular weight excluding hydrogens is 346 g/mol. The van der Waals surface area contributed by atoms with Crippen LogP contribution in [0, 0.1) is 0 Å². The maximum atomic E-state index is 13.0. The van der Waals surface area contributed by atoms with Crippen LogP contribution in [0.1, 0.15) is 5.56 Å². The summed E-state index contributed by atoms with van der Waals surface area (Å²) in [6.07, 6.45) is 0.476. The predicted molar refractivity (Wildman–Crippen MR) is 99.3 cm³/mol. The van der Waals surface area contributed by atoms with Gasteiger partial charge in [0.2, 0.25) is 6.04 Å². The predicted octanol–water partition coefficient (Wildman–Crippen LogP) is -0.248. The number of nitrogens with zero attached hydrogens (tertiary/aromatic N) is 4. The SMILES string of the molecule is CN1C(=O)[C@@H]2[C@@H](NC(=[N+]3CCOCC3)N2CCc2ccccc2)N(C)C1=O. The first-order chi connectivity index (χ1) is 13.1. The number of ether oxygens (including phenoxy) is 1. The molecule has 27 heavy (non-hydrogen) atoms. The van der Waals surface area contributed by atoms with Gasteiger partial charge in [-0.15, -0.1) is 0 Å². The van der Waals surface area contributed by atoms with Gasteiger partial charge in [0.15, 0.2) is 6.17 Å². The van der Waals surface area contributed by atoms with E-state index in [0.717, 1.165) is 25.5 Å². The number of carbonyl (C=O) groups excluding carboxylic acids is 2. The highest BCUT2D eigenvalue weighted by Crippen LogP contribution is 2.24. The standard InChI is InChI=1S/C19H25N5O3/c1-21-16-15(17(25)22(2)19(21)26)24(9-8-14-6-4-3-5-7-14)18(20-16)23-10-12-27-13-11-23/h3-7,15-16H,8-13H2,1-2H3/p+1/t15-,16-/m0/s1. The van der Waals surface area contributed by atoms with Crippen LogP contribution in [0.3, 0.4) is 0 Å². The third kappa shape index (κ3) is 3.14. The number of urea groups is 1. The number of imide groups is 1. The molecule has 1 aromatic rings. The summed E-state index contributed by atoms with van der Waals surface area (Å²) < 4.78 is 7.70. The Morgan fingerprint density at radius 3 is 2.56 bits per heavy atom.